The Morgan fingerprint density at radius 2 is 1.73 bits per heavy atom. The van der Waals surface area contributed by atoms with E-state index in [9.17, 15) is 5.11 Å². The number of piperidine rings is 1. The van der Waals surface area contributed by atoms with E-state index < -0.39 is 0 Å². The number of rotatable bonds is 6. The van der Waals surface area contributed by atoms with Gasteiger partial charge in [-0.25, -0.2) is 0 Å². The number of hydrogen-bond donors (Lipinski definition) is 1. The summed E-state index contributed by atoms with van der Waals surface area (Å²) in [6.07, 6.45) is 7.32. The van der Waals surface area contributed by atoms with Gasteiger partial charge in [-0.15, -0.1) is 0 Å². The lowest BCUT2D eigenvalue weighted by atomic mass is 10.0. The first-order valence-corrected chi connectivity index (χ1v) is 6.59. The maximum Gasteiger partial charge on any atom is 0.0667 e. The summed E-state index contributed by atoms with van der Waals surface area (Å²) in [4.78, 5) is 2.42. The first kappa shape index (κ1) is 13.0. The molecule has 1 fully saturated rings. The number of aliphatic hydroxyl groups is 1. The molecular weight excluding hydrogens is 186 g/mol. The summed E-state index contributed by atoms with van der Waals surface area (Å²) in [7, 11) is 0. The Morgan fingerprint density at radius 1 is 1.07 bits per heavy atom. The third-order valence-electron chi connectivity index (χ3n) is 3.24. The molecular formula is C13H27NO. The van der Waals surface area contributed by atoms with Crippen molar-refractivity contribution in [2.75, 3.05) is 19.6 Å². The van der Waals surface area contributed by atoms with E-state index in [4.69, 9.17) is 0 Å². The Bertz CT molecular complexity index is 153. The standard InChI is InChI=1S/C13H27NO/c1-12(2)7-6-8-13(15)11-14-9-4-3-5-10-14/h12-13,15H,3-11H2,1-2H3/t13-/m1/s1. The second-order valence-corrected chi connectivity index (χ2v) is 5.34. The Kier molecular flexibility index (Phi) is 6.26. The van der Waals surface area contributed by atoms with Gasteiger partial charge in [-0.05, 0) is 38.3 Å². The van der Waals surface area contributed by atoms with Crippen molar-refractivity contribution in [3.05, 3.63) is 0 Å². The van der Waals surface area contributed by atoms with E-state index in [-0.39, 0.29) is 6.10 Å². The molecule has 0 saturated carbocycles. The fourth-order valence-corrected chi connectivity index (χ4v) is 2.29. The molecule has 1 aliphatic rings. The zero-order chi connectivity index (χ0) is 11.1. The molecule has 1 aliphatic heterocycles. The lowest BCUT2D eigenvalue weighted by Gasteiger charge is -2.28. The van der Waals surface area contributed by atoms with Crippen LogP contribution in [0.3, 0.4) is 0 Å². The molecule has 1 heterocycles. The maximum absolute atomic E-state index is 9.87. The van der Waals surface area contributed by atoms with Crippen LogP contribution in [0, 0.1) is 5.92 Å². The van der Waals surface area contributed by atoms with Crippen molar-refractivity contribution in [1.29, 1.82) is 0 Å². The molecule has 2 heteroatoms. The molecule has 0 bridgehead atoms. The Hall–Kier alpha value is -0.0800. The summed E-state index contributed by atoms with van der Waals surface area (Å²) in [6, 6.07) is 0. The van der Waals surface area contributed by atoms with Gasteiger partial charge < -0.3 is 10.0 Å². The minimum atomic E-state index is -0.0955. The number of nitrogens with zero attached hydrogens (tertiary/aromatic N) is 1. The molecule has 2 nitrogen and oxygen atoms in total. The first-order chi connectivity index (χ1) is 7.18. The molecule has 0 aromatic carbocycles. The minimum absolute atomic E-state index is 0.0955. The van der Waals surface area contributed by atoms with E-state index in [1.54, 1.807) is 0 Å². The van der Waals surface area contributed by atoms with E-state index in [0.717, 1.165) is 18.9 Å². The Labute approximate surface area is 94.7 Å². The first-order valence-electron chi connectivity index (χ1n) is 6.59. The van der Waals surface area contributed by atoms with Crippen molar-refractivity contribution in [3.63, 3.8) is 0 Å². The summed E-state index contributed by atoms with van der Waals surface area (Å²) in [6.45, 7) is 7.79. The molecule has 1 saturated heterocycles. The summed E-state index contributed by atoms with van der Waals surface area (Å²) in [5.74, 6) is 0.771. The average molecular weight is 213 g/mol. The third-order valence-corrected chi connectivity index (χ3v) is 3.24. The van der Waals surface area contributed by atoms with Crippen molar-refractivity contribution in [3.8, 4) is 0 Å². The van der Waals surface area contributed by atoms with Gasteiger partial charge in [-0.1, -0.05) is 33.1 Å². The van der Waals surface area contributed by atoms with Crippen LogP contribution >= 0.6 is 0 Å². The molecule has 0 spiro atoms. The van der Waals surface area contributed by atoms with Crippen LogP contribution in [-0.4, -0.2) is 35.7 Å². The summed E-state index contributed by atoms with van der Waals surface area (Å²) in [5, 5.41) is 9.87. The van der Waals surface area contributed by atoms with Crippen molar-refractivity contribution in [2.45, 2.75) is 58.5 Å². The van der Waals surface area contributed by atoms with Crippen LogP contribution in [-0.2, 0) is 0 Å². The Morgan fingerprint density at radius 3 is 2.33 bits per heavy atom. The summed E-state index contributed by atoms with van der Waals surface area (Å²) >= 11 is 0. The molecule has 1 atom stereocenters. The van der Waals surface area contributed by atoms with Gasteiger partial charge >= 0.3 is 0 Å². The van der Waals surface area contributed by atoms with E-state index in [1.807, 2.05) is 0 Å². The maximum atomic E-state index is 9.87. The molecule has 1 rings (SSSR count). The molecule has 0 aromatic heterocycles. The van der Waals surface area contributed by atoms with Crippen LogP contribution < -0.4 is 0 Å². The minimum Gasteiger partial charge on any atom is -0.392 e. The zero-order valence-electron chi connectivity index (χ0n) is 10.4. The largest absolute Gasteiger partial charge is 0.392 e. The Balaban J connectivity index is 2.03. The van der Waals surface area contributed by atoms with Gasteiger partial charge in [0.25, 0.3) is 0 Å². The van der Waals surface area contributed by atoms with Crippen LogP contribution in [0.15, 0.2) is 0 Å². The molecule has 0 aromatic rings. The van der Waals surface area contributed by atoms with Crippen LogP contribution in [0.5, 0.6) is 0 Å². The zero-order valence-corrected chi connectivity index (χ0v) is 10.4. The molecule has 0 unspecified atom stereocenters. The third kappa shape index (κ3) is 6.16. The highest BCUT2D eigenvalue weighted by molar-refractivity contribution is 4.69. The number of hydrogen-bond acceptors (Lipinski definition) is 2. The van der Waals surface area contributed by atoms with Crippen LogP contribution in [0.4, 0.5) is 0 Å². The number of likely N-dealkylation sites (tertiary alicyclic amines) is 1. The fraction of sp³-hybridized carbons (Fsp3) is 1.00. The van der Waals surface area contributed by atoms with Crippen molar-refractivity contribution in [2.24, 2.45) is 5.92 Å². The van der Waals surface area contributed by atoms with Gasteiger partial charge in [-0.2, -0.15) is 0 Å². The van der Waals surface area contributed by atoms with Crippen LogP contribution in [0.1, 0.15) is 52.4 Å². The van der Waals surface area contributed by atoms with E-state index in [0.29, 0.717) is 0 Å². The second-order valence-electron chi connectivity index (χ2n) is 5.34. The van der Waals surface area contributed by atoms with Gasteiger partial charge in [0.05, 0.1) is 6.10 Å². The van der Waals surface area contributed by atoms with Gasteiger partial charge in [0, 0.05) is 6.54 Å². The smallest absolute Gasteiger partial charge is 0.0667 e. The van der Waals surface area contributed by atoms with Gasteiger partial charge in [0.2, 0.25) is 0 Å². The molecule has 0 aliphatic carbocycles. The van der Waals surface area contributed by atoms with Crippen molar-refractivity contribution in [1.82, 2.24) is 4.90 Å². The van der Waals surface area contributed by atoms with Crippen LogP contribution in [0.25, 0.3) is 0 Å². The molecule has 0 amide bonds. The van der Waals surface area contributed by atoms with Crippen molar-refractivity contribution >= 4 is 0 Å². The van der Waals surface area contributed by atoms with E-state index in [1.165, 1.54) is 45.2 Å². The highest BCUT2D eigenvalue weighted by Gasteiger charge is 2.14. The predicted molar refractivity (Wildman–Crippen MR) is 65.0 cm³/mol. The fourth-order valence-electron chi connectivity index (χ4n) is 2.29. The van der Waals surface area contributed by atoms with E-state index >= 15 is 0 Å². The number of β-amino-alcohol motifs (C(OH)–C–C–N with tert-alkyl or cyclic N) is 1. The number of aliphatic hydroxyl groups excluding tert-OH is 1. The van der Waals surface area contributed by atoms with E-state index in [2.05, 4.69) is 18.7 Å². The van der Waals surface area contributed by atoms with Gasteiger partial charge in [0.1, 0.15) is 0 Å². The molecule has 0 radical (unpaired) electrons. The topological polar surface area (TPSA) is 23.5 Å². The molecule has 90 valence electrons. The molecule has 1 N–H and O–H groups in total. The van der Waals surface area contributed by atoms with Gasteiger partial charge in [-0.3, -0.25) is 0 Å². The average Bonchev–Trinajstić information content (AvgIpc) is 2.18. The summed E-state index contributed by atoms with van der Waals surface area (Å²) in [5.41, 5.74) is 0. The normalized spacial score (nSPS) is 20.8. The SMILES string of the molecule is CC(C)CCC[C@@H](O)CN1CCCCC1. The predicted octanol–water partition coefficient (Wildman–Crippen LogP) is 2.66. The highest BCUT2D eigenvalue weighted by atomic mass is 16.3. The lowest BCUT2D eigenvalue weighted by molar-refractivity contribution is 0.0921. The van der Waals surface area contributed by atoms with Crippen molar-refractivity contribution < 1.29 is 5.11 Å². The monoisotopic (exact) mass is 213 g/mol. The highest BCUT2D eigenvalue weighted by Crippen LogP contribution is 2.12. The quantitative estimate of drug-likeness (QED) is 0.733. The van der Waals surface area contributed by atoms with Gasteiger partial charge in [0.15, 0.2) is 0 Å². The van der Waals surface area contributed by atoms with Crippen LogP contribution in [0.2, 0.25) is 0 Å². The second kappa shape index (κ2) is 7.24. The summed E-state index contributed by atoms with van der Waals surface area (Å²) < 4.78 is 0. The lowest BCUT2D eigenvalue weighted by Crippen LogP contribution is -2.36. The molecule has 15 heavy (non-hydrogen) atoms.